The number of rotatable bonds is 6. The van der Waals surface area contributed by atoms with Gasteiger partial charge in [-0.3, -0.25) is 4.79 Å². The van der Waals surface area contributed by atoms with Crippen LogP contribution in [0.2, 0.25) is 0 Å². The second kappa shape index (κ2) is 7.43. The minimum atomic E-state index is -3.66. The molecule has 26 heavy (non-hydrogen) atoms. The number of amides is 1. The van der Waals surface area contributed by atoms with Gasteiger partial charge in [0.05, 0.1) is 10.5 Å². The molecule has 2 aromatic carbocycles. The smallest absolute Gasteiger partial charge is 0.252 e. The number of nitrogens with zero attached hydrogens (tertiary/aromatic N) is 1. The minimum absolute atomic E-state index is 0.00584. The quantitative estimate of drug-likeness (QED) is 0.835. The van der Waals surface area contributed by atoms with E-state index < -0.39 is 21.7 Å². The maximum absolute atomic E-state index is 13.2. The van der Waals surface area contributed by atoms with E-state index in [2.05, 4.69) is 0 Å². The zero-order valence-corrected chi connectivity index (χ0v) is 14.8. The summed E-state index contributed by atoms with van der Waals surface area (Å²) in [6, 6.07) is 9.89. The fraction of sp³-hybridized carbons (Fsp3) is 0.278. The number of hydrogen-bond acceptors (Lipinski definition) is 4. The van der Waals surface area contributed by atoms with Gasteiger partial charge in [-0.25, -0.2) is 12.8 Å². The van der Waals surface area contributed by atoms with Crippen LogP contribution in [0, 0.1) is 5.82 Å². The number of hydrogen-bond donors (Lipinski definition) is 1. The van der Waals surface area contributed by atoms with Gasteiger partial charge in [0.25, 0.3) is 5.91 Å². The first-order valence-electron chi connectivity index (χ1n) is 8.19. The van der Waals surface area contributed by atoms with E-state index in [9.17, 15) is 17.6 Å². The van der Waals surface area contributed by atoms with Crippen molar-refractivity contribution in [3.05, 3.63) is 59.4 Å². The molecular weight excluding hydrogens is 359 g/mol. The predicted octanol–water partition coefficient (Wildman–Crippen LogP) is 2.29. The van der Waals surface area contributed by atoms with Crippen LogP contribution in [0.15, 0.2) is 47.4 Å². The molecule has 1 heterocycles. The van der Waals surface area contributed by atoms with Crippen LogP contribution in [0.4, 0.5) is 4.39 Å². The lowest BCUT2D eigenvalue weighted by Crippen LogP contribution is -2.28. The van der Waals surface area contributed by atoms with Crippen LogP contribution in [0.5, 0.6) is 5.75 Å². The van der Waals surface area contributed by atoms with Crippen LogP contribution in [-0.4, -0.2) is 31.7 Å². The molecule has 1 aliphatic heterocycles. The molecule has 0 bridgehead atoms. The molecule has 6 nitrogen and oxygen atoms in total. The molecule has 1 fully saturated rings. The van der Waals surface area contributed by atoms with E-state index in [0.717, 1.165) is 12.8 Å². The Hall–Kier alpha value is -2.45. The standard InChI is InChI=1S/C18H19FN2O4S/c19-14-5-3-4-13(10-14)12-25-17-7-6-15(11-16(17)18(20)22)26(23,24)21-8-1-2-9-21/h3-7,10-11H,1-2,8-9,12H2,(H2,20,22). The van der Waals surface area contributed by atoms with E-state index in [0.29, 0.717) is 18.7 Å². The Labute approximate surface area is 151 Å². The maximum atomic E-state index is 13.2. The van der Waals surface area contributed by atoms with Crippen LogP contribution in [0.3, 0.4) is 0 Å². The molecule has 0 aromatic heterocycles. The number of benzene rings is 2. The third kappa shape index (κ3) is 3.86. The molecule has 8 heteroatoms. The Morgan fingerprint density at radius 1 is 1.15 bits per heavy atom. The van der Waals surface area contributed by atoms with Crippen molar-refractivity contribution < 1.29 is 22.3 Å². The summed E-state index contributed by atoms with van der Waals surface area (Å²) in [5, 5.41) is 0. The van der Waals surface area contributed by atoms with Crippen molar-refractivity contribution in [1.82, 2.24) is 4.31 Å². The van der Waals surface area contributed by atoms with E-state index in [4.69, 9.17) is 10.5 Å². The largest absolute Gasteiger partial charge is 0.488 e. The SMILES string of the molecule is NC(=O)c1cc(S(=O)(=O)N2CCCC2)ccc1OCc1cccc(F)c1. The van der Waals surface area contributed by atoms with Crippen LogP contribution in [0.1, 0.15) is 28.8 Å². The zero-order chi connectivity index (χ0) is 18.7. The number of sulfonamides is 1. The van der Waals surface area contributed by atoms with Gasteiger partial charge in [0.15, 0.2) is 0 Å². The van der Waals surface area contributed by atoms with E-state index in [1.54, 1.807) is 12.1 Å². The zero-order valence-electron chi connectivity index (χ0n) is 14.0. The summed E-state index contributed by atoms with van der Waals surface area (Å²) in [6.07, 6.45) is 1.63. The van der Waals surface area contributed by atoms with Gasteiger partial charge < -0.3 is 10.5 Å². The van der Waals surface area contributed by atoms with Gasteiger partial charge in [0, 0.05) is 13.1 Å². The first-order valence-corrected chi connectivity index (χ1v) is 9.63. The summed E-state index contributed by atoms with van der Waals surface area (Å²) in [5.41, 5.74) is 5.94. The van der Waals surface area contributed by atoms with Crippen molar-refractivity contribution in [3.63, 3.8) is 0 Å². The Kier molecular flexibility index (Phi) is 5.24. The van der Waals surface area contributed by atoms with Crippen molar-refractivity contribution in [3.8, 4) is 5.75 Å². The predicted molar refractivity (Wildman–Crippen MR) is 93.7 cm³/mol. The normalized spacial score (nSPS) is 15.1. The van der Waals surface area contributed by atoms with Crippen LogP contribution in [-0.2, 0) is 16.6 Å². The van der Waals surface area contributed by atoms with Crippen LogP contribution < -0.4 is 10.5 Å². The molecule has 0 unspecified atom stereocenters. The van der Waals surface area contributed by atoms with Gasteiger partial charge in [-0.2, -0.15) is 4.31 Å². The molecule has 0 aliphatic carbocycles. The van der Waals surface area contributed by atoms with Gasteiger partial charge in [0.1, 0.15) is 18.2 Å². The highest BCUT2D eigenvalue weighted by Crippen LogP contribution is 2.27. The number of carbonyl (C=O) groups is 1. The molecular formula is C18H19FN2O4S. The van der Waals surface area contributed by atoms with E-state index >= 15 is 0 Å². The average molecular weight is 378 g/mol. The van der Waals surface area contributed by atoms with Crippen LogP contribution in [0.25, 0.3) is 0 Å². The van der Waals surface area contributed by atoms with Crippen molar-refractivity contribution in [2.75, 3.05) is 13.1 Å². The highest BCUT2D eigenvalue weighted by molar-refractivity contribution is 7.89. The number of carbonyl (C=O) groups excluding carboxylic acids is 1. The Balaban J connectivity index is 1.86. The molecule has 1 amide bonds. The van der Waals surface area contributed by atoms with Gasteiger partial charge in [-0.05, 0) is 48.7 Å². The molecule has 0 radical (unpaired) electrons. The van der Waals surface area contributed by atoms with Crippen LogP contribution >= 0.6 is 0 Å². The molecule has 3 rings (SSSR count). The van der Waals surface area contributed by atoms with Gasteiger partial charge in [0.2, 0.25) is 10.0 Å². The van der Waals surface area contributed by atoms with Crippen molar-refractivity contribution in [1.29, 1.82) is 0 Å². The summed E-state index contributed by atoms with van der Waals surface area (Å²) >= 11 is 0. The molecule has 1 aliphatic rings. The number of nitrogens with two attached hydrogens (primary N) is 1. The molecule has 2 aromatic rings. The molecule has 1 saturated heterocycles. The molecule has 0 atom stereocenters. The van der Waals surface area contributed by atoms with E-state index in [1.165, 1.54) is 34.6 Å². The molecule has 138 valence electrons. The maximum Gasteiger partial charge on any atom is 0.252 e. The monoisotopic (exact) mass is 378 g/mol. The number of ether oxygens (including phenoxy) is 1. The summed E-state index contributed by atoms with van der Waals surface area (Å²) in [7, 11) is -3.66. The summed E-state index contributed by atoms with van der Waals surface area (Å²) in [4.78, 5) is 11.8. The third-order valence-corrected chi connectivity index (χ3v) is 6.10. The first-order chi connectivity index (χ1) is 12.4. The second-order valence-electron chi connectivity index (χ2n) is 6.05. The Bertz CT molecular complexity index is 925. The van der Waals surface area contributed by atoms with E-state index in [-0.39, 0.29) is 22.8 Å². The topological polar surface area (TPSA) is 89.7 Å². The summed E-state index contributed by atoms with van der Waals surface area (Å²) in [5.74, 6) is -1.03. The number of primary amides is 1. The van der Waals surface area contributed by atoms with Crippen molar-refractivity contribution >= 4 is 15.9 Å². The Morgan fingerprint density at radius 3 is 2.54 bits per heavy atom. The lowest BCUT2D eigenvalue weighted by Gasteiger charge is -2.17. The molecule has 0 saturated carbocycles. The third-order valence-electron chi connectivity index (χ3n) is 4.20. The van der Waals surface area contributed by atoms with Crippen molar-refractivity contribution in [2.24, 2.45) is 5.73 Å². The fourth-order valence-electron chi connectivity index (χ4n) is 2.85. The van der Waals surface area contributed by atoms with Gasteiger partial charge in [-0.1, -0.05) is 12.1 Å². The van der Waals surface area contributed by atoms with Crippen molar-refractivity contribution in [2.45, 2.75) is 24.3 Å². The summed E-state index contributed by atoms with van der Waals surface area (Å²) < 4.78 is 45.4. The average Bonchev–Trinajstić information content (AvgIpc) is 3.15. The Morgan fingerprint density at radius 2 is 1.88 bits per heavy atom. The molecule has 0 spiro atoms. The second-order valence-corrected chi connectivity index (χ2v) is 7.99. The first kappa shape index (κ1) is 18.3. The summed E-state index contributed by atoms with van der Waals surface area (Å²) in [6.45, 7) is 0.953. The highest BCUT2D eigenvalue weighted by Gasteiger charge is 2.28. The number of halogens is 1. The lowest BCUT2D eigenvalue weighted by atomic mass is 10.2. The van der Waals surface area contributed by atoms with E-state index in [1.807, 2.05) is 0 Å². The minimum Gasteiger partial charge on any atom is -0.488 e. The van der Waals surface area contributed by atoms with Gasteiger partial charge in [-0.15, -0.1) is 0 Å². The lowest BCUT2D eigenvalue weighted by molar-refractivity contribution is 0.0995. The van der Waals surface area contributed by atoms with Gasteiger partial charge >= 0.3 is 0 Å². The highest BCUT2D eigenvalue weighted by atomic mass is 32.2. The fourth-order valence-corrected chi connectivity index (χ4v) is 4.40. The molecule has 2 N–H and O–H groups in total.